The van der Waals surface area contributed by atoms with Gasteiger partial charge in [0.25, 0.3) is 0 Å². The third-order valence-corrected chi connectivity index (χ3v) is 5.94. The van der Waals surface area contributed by atoms with Crippen LogP contribution in [-0.4, -0.2) is 29.2 Å². The fourth-order valence-electron chi connectivity index (χ4n) is 3.93. The molecule has 1 heterocycles. The molecule has 1 N–H and O–H groups in total. The Labute approximate surface area is 140 Å². The van der Waals surface area contributed by atoms with Gasteiger partial charge in [-0.25, -0.2) is 4.39 Å². The summed E-state index contributed by atoms with van der Waals surface area (Å²) in [6, 6.07) is 5.33. The van der Waals surface area contributed by atoms with Gasteiger partial charge in [-0.05, 0) is 42.5 Å². The van der Waals surface area contributed by atoms with E-state index in [4.69, 9.17) is 0 Å². The van der Waals surface area contributed by atoms with Crippen molar-refractivity contribution in [1.29, 1.82) is 0 Å². The van der Waals surface area contributed by atoms with E-state index in [2.05, 4.69) is 5.32 Å². The fourth-order valence-corrected chi connectivity index (χ4v) is 3.93. The van der Waals surface area contributed by atoms with E-state index >= 15 is 0 Å². The second kappa shape index (κ2) is 5.40. The summed E-state index contributed by atoms with van der Waals surface area (Å²) in [6.07, 6.45) is 1.33. The molecule has 6 heteroatoms. The fraction of sp³-hybridized carbons (Fsp3) is 0.500. The van der Waals surface area contributed by atoms with Gasteiger partial charge >= 0.3 is 0 Å². The monoisotopic (exact) mass is 332 g/mol. The zero-order valence-corrected chi connectivity index (χ0v) is 14.1. The summed E-state index contributed by atoms with van der Waals surface area (Å²) in [5, 5.41) is 2.59. The van der Waals surface area contributed by atoms with Crippen LogP contribution >= 0.6 is 0 Å². The molecule has 3 amide bonds. The lowest BCUT2D eigenvalue weighted by Crippen LogP contribution is -2.60. The maximum Gasteiger partial charge on any atom is 0.244 e. The summed E-state index contributed by atoms with van der Waals surface area (Å²) in [5.41, 5.74) is -0.597. The van der Waals surface area contributed by atoms with Gasteiger partial charge in [-0.15, -0.1) is 0 Å². The molecular weight excluding hydrogens is 311 g/mol. The predicted octanol–water partition coefficient (Wildman–Crippen LogP) is 2.58. The van der Waals surface area contributed by atoms with E-state index in [1.807, 2.05) is 20.8 Å². The van der Waals surface area contributed by atoms with Crippen molar-refractivity contribution in [2.24, 2.45) is 16.7 Å². The van der Waals surface area contributed by atoms with Gasteiger partial charge in [0.2, 0.25) is 17.7 Å². The van der Waals surface area contributed by atoms with Crippen LogP contribution in [0, 0.1) is 22.6 Å². The van der Waals surface area contributed by atoms with Crippen molar-refractivity contribution in [3.63, 3.8) is 0 Å². The molecule has 0 spiro atoms. The van der Waals surface area contributed by atoms with Crippen LogP contribution < -0.4 is 5.32 Å². The average Bonchev–Trinajstić information content (AvgIpc) is 2.71. The van der Waals surface area contributed by atoms with Gasteiger partial charge in [-0.1, -0.05) is 20.8 Å². The van der Waals surface area contributed by atoms with Crippen LogP contribution in [0.4, 0.5) is 10.1 Å². The number of carbonyl (C=O) groups is 3. The minimum atomic E-state index is -0.623. The van der Waals surface area contributed by atoms with E-state index in [0.29, 0.717) is 18.5 Å². The highest BCUT2D eigenvalue weighted by atomic mass is 19.1. The molecule has 1 aromatic rings. The van der Waals surface area contributed by atoms with Gasteiger partial charge in [0.1, 0.15) is 12.4 Å². The summed E-state index contributed by atoms with van der Waals surface area (Å²) in [5.74, 6) is -1.65. The minimum Gasteiger partial charge on any atom is -0.325 e. The molecule has 2 bridgehead atoms. The van der Waals surface area contributed by atoms with Crippen molar-refractivity contribution in [1.82, 2.24) is 4.90 Å². The first kappa shape index (κ1) is 16.6. The molecule has 24 heavy (non-hydrogen) atoms. The van der Waals surface area contributed by atoms with E-state index < -0.39 is 22.6 Å². The van der Waals surface area contributed by atoms with Crippen LogP contribution in [0.1, 0.15) is 33.6 Å². The summed E-state index contributed by atoms with van der Waals surface area (Å²) >= 11 is 0. The van der Waals surface area contributed by atoms with E-state index in [-0.39, 0.29) is 24.3 Å². The lowest BCUT2D eigenvalue weighted by molar-refractivity contribution is -0.168. The highest BCUT2D eigenvalue weighted by Crippen LogP contribution is 2.59. The molecule has 1 saturated carbocycles. The topological polar surface area (TPSA) is 66.5 Å². The Morgan fingerprint density at radius 1 is 1.25 bits per heavy atom. The Kier molecular flexibility index (Phi) is 3.73. The number of hydrogen-bond acceptors (Lipinski definition) is 3. The van der Waals surface area contributed by atoms with Crippen LogP contribution in [0.25, 0.3) is 0 Å². The van der Waals surface area contributed by atoms with E-state index in [9.17, 15) is 18.8 Å². The van der Waals surface area contributed by atoms with Crippen LogP contribution in [0.5, 0.6) is 0 Å². The molecule has 5 nitrogen and oxygen atoms in total. The zero-order chi connectivity index (χ0) is 17.7. The largest absolute Gasteiger partial charge is 0.325 e. The van der Waals surface area contributed by atoms with Gasteiger partial charge in [-0.3, -0.25) is 19.3 Å². The molecule has 1 aromatic carbocycles. The van der Waals surface area contributed by atoms with Gasteiger partial charge in [0.05, 0.1) is 5.41 Å². The molecule has 0 aromatic heterocycles. The van der Waals surface area contributed by atoms with Crippen molar-refractivity contribution in [2.75, 3.05) is 11.9 Å². The number of rotatable bonds is 3. The number of fused-ring (bicyclic) bond motifs is 2. The number of piperidine rings is 1. The lowest BCUT2D eigenvalue weighted by Gasteiger charge is -2.47. The maximum atomic E-state index is 12.9. The molecule has 2 aliphatic rings. The molecule has 0 radical (unpaired) electrons. The number of nitrogens with zero attached hydrogens (tertiary/aromatic N) is 1. The van der Waals surface area contributed by atoms with Crippen molar-refractivity contribution in [3.05, 3.63) is 30.1 Å². The average molecular weight is 332 g/mol. The molecule has 1 aliphatic heterocycles. The summed E-state index contributed by atoms with van der Waals surface area (Å²) < 4.78 is 12.9. The number of anilines is 1. The third-order valence-electron chi connectivity index (χ3n) is 5.94. The Balaban J connectivity index is 1.76. The Morgan fingerprint density at radius 3 is 2.50 bits per heavy atom. The molecule has 1 aliphatic carbocycles. The van der Waals surface area contributed by atoms with Gasteiger partial charge < -0.3 is 5.32 Å². The van der Waals surface area contributed by atoms with Crippen LogP contribution in [-0.2, 0) is 14.4 Å². The SMILES string of the molecule is CC12CCC(C(=O)N(CC(=O)Nc3ccc(F)cc3)C1=O)C2(C)C. The predicted molar refractivity (Wildman–Crippen MR) is 86.4 cm³/mol. The highest BCUT2D eigenvalue weighted by molar-refractivity contribution is 6.07. The second-order valence-corrected chi connectivity index (χ2v) is 7.43. The second-order valence-electron chi connectivity index (χ2n) is 7.43. The number of nitrogens with one attached hydrogen (secondary N) is 1. The number of hydrogen-bond donors (Lipinski definition) is 1. The first-order chi connectivity index (χ1) is 11.2. The van der Waals surface area contributed by atoms with E-state index in [0.717, 1.165) is 4.90 Å². The summed E-state index contributed by atoms with van der Waals surface area (Å²) in [6.45, 7) is 5.48. The quantitative estimate of drug-likeness (QED) is 0.865. The van der Waals surface area contributed by atoms with E-state index in [1.54, 1.807) is 0 Å². The lowest BCUT2D eigenvalue weighted by atomic mass is 9.62. The van der Waals surface area contributed by atoms with Gasteiger partial charge in [0, 0.05) is 11.6 Å². The van der Waals surface area contributed by atoms with Crippen LogP contribution in [0.3, 0.4) is 0 Å². The molecule has 2 unspecified atom stereocenters. The number of halogens is 1. The maximum absolute atomic E-state index is 12.9. The van der Waals surface area contributed by atoms with Crippen molar-refractivity contribution in [2.45, 2.75) is 33.6 Å². The molecule has 128 valence electrons. The first-order valence-corrected chi connectivity index (χ1v) is 8.08. The number of likely N-dealkylation sites (tertiary alicyclic amines) is 1. The van der Waals surface area contributed by atoms with Crippen molar-refractivity contribution in [3.8, 4) is 0 Å². The Morgan fingerprint density at radius 2 is 1.88 bits per heavy atom. The summed E-state index contributed by atoms with van der Waals surface area (Å²) in [7, 11) is 0. The minimum absolute atomic E-state index is 0.237. The Bertz CT molecular complexity index is 713. The molecule has 2 fully saturated rings. The highest BCUT2D eigenvalue weighted by Gasteiger charge is 2.64. The standard InChI is InChI=1S/C18H21FN2O3/c1-17(2)13-8-9-18(17,3)16(24)21(15(13)23)10-14(22)20-12-6-4-11(19)5-7-12/h4-7,13H,8-10H2,1-3H3,(H,20,22). The Hall–Kier alpha value is -2.24. The number of carbonyl (C=O) groups excluding carboxylic acids is 3. The zero-order valence-electron chi connectivity index (χ0n) is 14.1. The van der Waals surface area contributed by atoms with Gasteiger partial charge in [-0.2, -0.15) is 0 Å². The molecule has 1 saturated heterocycles. The first-order valence-electron chi connectivity index (χ1n) is 8.08. The van der Waals surface area contributed by atoms with Crippen LogP contribution in [0.2, 0.25) is 0 Å². The molecule has 3 rings (SSSR count). The van der Waals surface area contributed by atoms with Crippen LogP contribution in [0.15, 0.2) is 24.3 Å². The van der Waals surface area contributed by atoms with E-state index in [1.165, 1.54) is 24.3 Å². The number of imide groups is 1. The third kappa shape index (κ3) is 2.32. The van der Waals surface area contributed by atoms with Crippen molar-refractivity contribution >= 4 is 23.4 Å². The number of amides is 3. The smallest absolute Gasteiger partial charge is 0.244 e. The molecule has 2 atom stereocenters. The van der Waals surface area contributed by atoms with Crippen molar-refractivity contribution < 1.29 is 18.8 Å². The number of benzene rings is 1. The summed E-state index contributed by atoms with van der Waals surface area (Å²) in [4.78, 5) is 38.8. The normalized spacial score (nSPS) is 28.2. The van der Waals surface area contributed by atoms with Gasteiger partial charge in [0.15, 0.2) is 0 Å². The molecular formula is C18H21FN2O3.